The first-order valence-corrected chi connectivity index (χ1v) is 6.21. The molecular weight excluding hydrogens is 285 g/mol. The number of rotatable bonds is 3. The molecule has 112 valence electrons. The van der Waals surface area contributed by atoms with Gasteiger partial charge in [0.05, 0.1) is 12.0 Å². The number of H-pyrrole nitrogens is 1. The third-order valence-corrected chi connectivity index (χ3v) is 2.81. The van der Waals surface area contributed by atoms with Crippen molar-refractivity contribution in [3.05, 3.63) is 46.5 Å². The van der Waals surface area contributed by atoms with Crippen LogP contribution < -0.4 is 10.3 Å². The fraction of sp³-hybridized carbons (Fsp3) is 0.286. The minimum Gasteiger partial charge on any atom is -0.406 e. The highest BCUT2D eigenvalue weighted by molar-refractivity contribution is 5.64. The van der Waals surface area contributed by atoms with E-state index in [0.717, 1.165) is 0 Å². The van der Waals surface area contributed by atoms with Gasteiger partial charge in [0.1, 0.15) is 5.75 Å². The Morgan fingerprint density at radius 3 is 2.62 bits per heavy atom. The summed E-state index contributed by atoms with van der Waals surface area (Å²) in [5, 5.41) is 0. The summed E-state index contributed by atoms with van der Waals surface area (Å²) in [6.45, 7) is 3.62. The summed E-state index contributed by atoms with van der Waals surface area (Å²) < 4.78 is 40.6. The number of aromatic amines is 1. The Labute approximate surface area is 118 Å². The topological polar surface area (TPSA) is 55.0 Å². The van der Waals surface area contributed by atoms with Crippen molar-refractivity contribution >= 4 is 0 Å². The van der Waals surface area contributed by atoms with Crippen LogP contribution in [0.4, 0.5) is 13.2 Å². The van der Waals surface area contributed by atoms with Crippen LogP contribution in [0.2, 0.25) is 0 Å². The summed E-state index contributed by atoms with van der Waals surface area (Å²) in [6, 6.07) is 5.40. The number of alkyl halides is 3. The minimum absolute atomic E-state index is 0.121. The maximum atomic E-state index is 12.3. The summed E-state index contributed by atoms with van der Waals surface area (Å²) in [7, 11) is 0. The molecule has 0 saturated carbocycles. The van der Waals surface area contributed by atoms with Gasteiger partial charge in [0.15, 0.2) is 0 Å². The Bertz CT molecular complexity index is 693. The molecule has 0 atom stereocenters. The van der Waals surface area contributed by atoms with E-state index in [1.165, 1.54) is 24.5 Å². The molecule has 0 radical (unpaired) electrons. The molecule has 2 aromatic rings. The molecule has 0 unspecified atom stereocenters. The van der Waals surface area contributed by atoms with Gasteiger partial charge in [0, 0.05) is 11.1 Å². The van der Waals surface area contributed by atoms with E-state index < -0.39 is 6.36 Å². The van der Waals surface area contributed by atoms with E-state index in [1.807, 2.05) is 13.8 Å². The first kappa shape index (κ1) is 15.1. The molecule has 7 heteroatoms. The molecule has 1 aromatic heterocycles. The second-order valence-electron chi connectivity index (χ2n) is 4.72. The molecule has 1 heterocycles. The lowest BCUT2D eigenvalue weighted by atomic mass is 9.98. The lowest BCUT2D eigenvalue weighted by Crippen LogP contribution is -2.17. The summed E-state index contributed by atoms with van der Waals surface area (Å²) in [5.74, 6) is -0.471. The van der Waals surface area contributed by atoms with Crippen molar-refractivity contribution in [1.29, 1.82) is 0 Å². The van der Waals surface area contributed by atoms with Gasteiger partial charge in [-0.2, -0.15) is 0 Å². The van der Waals surface area contributed by atoms with Gasteiger partial charge >= 0.3 is 6.36 Å². The van der Waals surface area contributed by atoms with Crippen LogP contribution in [0.25, 0.3) is 11.3 Å². The Hall–Kier alpha value is -2.31. The third-order valence-electron chi connectivity index (χ3n) is 2.81. The number of hydrogen-bond acceptors (Lipinski definition) is 3. The zero-order valence-corrected chi connectivity index (χ0v) is 11.4. The SMILES string of the molecule is CC(C)c1c(-c2cccc(OC(F)(F)F)c2)nc[nH]c1=O. The Morgan fingerprint density at radius 2 is 2.00 bits per heavy atom. The average Bonchev–Trinajstić information content (AvgIpc) is 2.36. The van der Waals surface area contributed by atoms with Crippen LogP contribution in [0.5, 0.6) is 5.75 Å². The minimum atomic E-state index is -4.76. The predicted octanol–water partition coefficient (Wildman–Crippen LogP) is 3.46. The van der Waals surface area contributed by atoms with E-state index >= 15 is 0 Å². The van der Waals surface area contributed by atoms with Gasteiger partial charge < -0.3 is 9.72 Å². The highest BCUT2D eigenvalue weighted by atomic mass is 19.4. The van der Waals surface area contributed by atoms with E-state index in [-0.39, 0.29) is 17.2 Å². The summed E-state index contributed by atoms with van der Waals surface area (Å²) >= 11 is 0. The maximum absolute atomic E-state index is 12.3. The first-order valence-electron chi connectivity index (χ1n) is 6.21. The fourth-order valence-corrected chi connectivity index (χ4v) is 2.02. The number of aromatic nitrogens is 2. The molecule has 0 aliphatic heterocycles. The molecule has 21 heavy (non-hydrogen) atoms. The van der Waals surface area contributed by atoms with Crippen molar-refractivity contribution in [3.8, 4) is 17.0 Å². The molecule has 0 aliphatic rings. The Balaban J connectivity index is 2.51. The van der Waals surface area contributed by atoms with Gasteiger partial charge in [0.2, 0.25) is 0 Å². The van der Waals surface area contributed by atoms with Crippen LogP contribution in [0.1, 0.15) is 25.3 Å². The fourth-order valence-electron chi connectivity index (χ4n) is 2.02. The number of nitrogens with zero attached hydrogens (tertiary/aromatic N) is 1. The smallest absolute Gasteiger partial charge is 0.406 e. The van der Waals surface area contributed by atoms with Crippen molar-refractivity contribution in [2.75, 3.05) is 0 Å². The molecule has 4 nitrogen and oxygen atoms in total. The third kappa shape index (κ3) is 3.62. The molecule has 0 bridgehead atoms. The molecule has 0 saturated heterocycles. The number of benzene rings is 1. The molecule has 0 amide bonds. The van der Waals surface area contributed by atoms with Crippen molar-refractivity contribution < 1.29 is 17.9 Å². The number of hydrogen-bond donors (Lipinski definition) is 1. The van der Waals surface area contributed by atoms with E-state index in [1.54, 1.807) is 6.07 Å². The van der Waals surface area contributed by atoms with E-state index in [4.69, 9.17) is 0 Å². The standard InChI is InChI=1S/C14H13F3N2O2/c1-8(2)11-12(18-7-19-13(11)20)9-4-3-5-10(6-9)21-14(15,16)17/h3-8H,1-2H3,(H,18,19,20). The normalized spacial score (nSPS) is 11.7. The molecule has 1 aromatic carbocycles. The molecule has 0 fully saturated rings. The summed E-state index contributed by atoms with van der Waals surface area (Å²) in [4.78, 5) is 18.4. The molecule has 0 aliphatic carbocycles. The predicted molar refractivity (Wildman–Crippen MR) is 71.1 cm³/mol. The largest absolute Gasteiger partial charge is 0.573 e. The zero-order valence-electron chi connectivity index (χ0n) is 11.4. The van der Waals surface area contributed by atoms with Crippen molar-refractivity contribution in [2.24, 2.45) is 0 Å². The van der Waals surface area contributed by atoms with Crippen molar-refractivity contribution in [1.82, 2.24) is 9.97 Å². The Morgan fingerprint density at radius 1 is 1.29 bits per heavy atom. The molecular formula is C14H13F3N2O2. The zero-order chi connectivity index (χ0) is 15.6. The van der Waals surface area contributed by atoms with E-state index in [0.29, 0.717) is 16.8 Å². The highest BCUT2D eigenvalue weighted by Crippen LogP contribution is 2.29. The second-order valence-corrected chi connectivity index (χ2v) is 4.72. The lowest BCUT2D eigenvalue weighted by molar-refractivity contribution is -0.274. The summed E-state index contributed by atoms with van der Waals surface area (Å²) in [5.41, 5.74) is 0.853. The molecule has 0 spiro atoms. The number of halogens is 3. The second kappa shape index (κ2) is 5.59. The lowest BCUT2D eigenvalue weighted by Gasteiger charge is -2.12. The number of ether oxygens (including phenoxy) is 1. The monoisotopic (exact) mass is 298 g/mol. The maximum Gasteiger partial charge on any atom is 0.573 e. The summed E-state index contributed by atoms with van der Waals surface area (Å²) in [6.07, 6.45) is -3.54. The van der Waals surface area contributed by atoms with Gasteiger partial charge in [-0.05, 0) is 18.1 Å². The first-order chi connectivity index (χ1) is 9.78. The van der Waals surface area contributed by atoms with Crippen molar-refractivity contribution in [3.63, 3.8) is 0 Å². The van der Waals surface area contributed by atoms with Gasteiger partial charge in [-0.3, -0.25) is 4.79 Å². The van der Waals surface area contributed by atoms with E-state index in [2.05, 4.69) is 14.7 Å². The van der Waals surface area contributed by atoms with Gasteiger partial charge in [-0.25, -0.2) is 4.98 Å². The van der Waals surface area contributed by atoms with Gasteiger partial charge in [-0.1, -0.05) is 26.0 Å². The van der Waals surface area contributed by atoms with Crippen molar-refractivity contribution in [2.45, 2.75) is 26.1 Å². The quantitative estimate of drug-likeness (QED) is 0.944. The average molecular weight is 298 g/mol. The van der Waals surface area contributed by atoms with Crippen LogP contribution in [0.15, 0.2) is 35.4 Å². The van der Waals surface area contributed by atoms with Gasteiger partial charge in [0.25, 0.3) is 5.56 Å². The van der Waals surface area contributed by atoms with Crippen LogP contribution in [0.3, 0.4) is 0 Å². The molecule has 2 rings (SSSR count). The van der Waals surface area contributed by atoms with Crippen LogP contribution in [-0.4, -0.2) is 16.3 Å². The van der Waals surface area contributed by atoms with Gasteiger partial charge in [-0.15, -0.1) is 13.2 Å². The van der Waals surface area contributed by atoms with Crippen LogP contribution in [0, 0.1) is 0 Å². The van der Waals surface area contributed by atoms with E-state index in [9.17, 15) is 18.0 Å². The Kier molecular flexibility index (Phi) is 4.02. The van der Waals surface area contributed by atoms with Crippen LogP contribution in [-0.2, 0) is 0 Å². The molecule has 1 N–H and O–H groups in total. The number of nitrogens with one attached hydrogen (secondary N) is 1. The van der Waals surface area contributed by atoms with Crippen LogP contribution >= 0.6 is 0 Å². The highest BCUT2D eigenvalue weighted by Gasteiger charge is 2.31.